The summed E-state index contributed by atoms with van der Waals surface area (Å²) in [5.41, 5.74) is 2.74. The van der Waals surface area contributed by atoms with Crippen molar-refractivity contribution in [1.82, 2.24) is 5.32 Å². The fourth-order valence-corrected chi connectivity index (χ4v) is 3.46. The number of rotatable bonds is 2. The molecule has 0 aliphatic carbocycles. The van der Waals surface area contributed by atoms with E-state index in [2.05, 4.69) is 5.32 Å². The molecule has 25 heavy (non-hydrogen) atoms. The molecule has 1 amide bonds. The lowest BCUT2D eigenvalue weighted by atomic mass is 9.82. The van der Waals surface area contributed by atoms with Crippen molar-refractivity contribution in [3.05, 3.63) is 107 Å². The van der Waals surface area contributed by atoms with E-state index in [9.17, 15) is 9.59 Å². The molecule has 0 radical (unpaired) electrons. The Bertz CT molecular complexity index is 919. The van der Waals surface area contributed by atoms with Gasteiger partial charge in [0.1, 0.15) is 0 Å². The normalized spacial score (nSPS) is 19.7. The van der Waals surface area contributed by atoms with Crippen LogP contribution < -0.4 is 5.32 Å². The van der Waals surface area contributed by atoms with E-state index in [4.69, 9.17) is 0 Å². The van der Waals surface area contributed by atoms with E-state index < -0.39 is 12.0 Å². The molecule has 0 spiro atoms. The van der Waals surface area contributed by atoms with Crippen LogP contribution in [-0.4, -0.2) is 11.7 Å². The number of hydrogen-bond donors (Lipinski definition) is 1. The quantitative estimate of drug-likeness (QED) is 0.769. The number of carbonyl (C=O) groups is 2. The molecule has 1 aliphatic heterocycles. The predicted octanol–water partition coefficient (Wildman–Crippen LogP) is 4.14. The Kier molecular flexibility index (Phi) is 3.90. The molecule has 4 rings (SSSR count). The molecule has 1 N–H and O–H groups in total. The van der Waals surface area contributed by atoms with Crippen LogP contribution in [0.4, 0.5) is 0 Å². The Morgan fingerprint density at radius 1 is 0.600 bits per heavy atom. The maximum atomic E-state index is 13.4. The lowest BCUT2D eigenvalue weighted by Gasteiger charge is -2.25. The van der Waals surface area contributed by atoms with Crippen LogP contribution in [0.1, 0.15) is 43.8 Å². The van der Waals surface area contributed by atoms with Gasteiger partial charge in [0.25, 0.3) is 5.91 Å². The van der Waals surface area contributed by atoms with Crippen molar-refractivity contribution in [3.8, 4) is 0 Å². The zero-order chi connectivity index (χ0) is 17.2. The van der Waals surface area contributed by atoms with Gasteiger partial charge in [0, 0.05) is 5.56 Å². The van der Waals surface area contributed by atoms with Gasteiger partial charge in [-0.25, -0.2) is 0 Å². The van der Waals surface area contributed by atoms with Gasteiger partial charge in [-0.1, -0.05) is 78.9 Å². The standard InChI is InChI=1S/C22H17NO2/c24-21-17-13-7-8-14-18(17)22(25)23-20(16-11-5-2-6-12-16)19(21)15-9-3-1-4-10-15/h1-14,19-20H,(H,23,25)/t19-,20+/m1/s1. The van der Waals surface area contributed by atoms with E-state index in [1.807, 2.05) is 60.7 Å². The van der Waals surface area contributed by atoms with Gasteiger partial charge >= 0.3 is 0 Å². The highest BCUT2D eigenvalue weighted by atomic mass is 16.2. The van der Waals surface area contributed by atoms with Crippen LogP contribution in [0.5, 0.6) is 0 Å². The van der Waals surface area contributed by atoms with Crippen LogP contribution in [0.15, 0.2) is 84.9 Å². The van der Waals surface area contributed by atoms with E-state index in [1.54, 1.807) is 24.3 Å². The molecule has 0 bridgehead atoms. The van der Waals surface area contributed by atoms with Crippen molar-refractivity contribution in [3.63, 3.8) is 0 Å². The molecule has 1 heterocycles. The number of Topliss-reactive ketones (excluding diaryl/α,β-unsaturated/α-hetero) is 1. The Morgan fingerprint density at radius 2 is 1.12 bits per heavy atom. The zero-order valence-corrected chi connectivity index (χ0v) is 13.6. The summed E-state index contributed by atoms with van der Waals surface area (Å²) in [5.74, 6) is -0.707. The number of ketones is 1. The van der Waals surface area contributed by atoms with Crippen molar-refractivity contribution in [2.75, 3.05) is 0 Å². The average Bonchev–Trinajstić information content (AvgIpc) is 2.79. The van der Waals surface area contributed by atoms with Crippen molar-refractivity contribution in [1.29, 1.82) is 0 Å². The molecule has 0 aromatic heterocycles. The minimum Gasteiger partial charge on any atom is -0.344 e. The summed E-state index contributed by atoms with van der Waals surface area (Å²) in [7, 11) is 0. The summed E-state index contributed by atoms with van der Waals surface area (Å²) in [4.78, 5) is 26.1. The lowest BCUT2D eigenvalue weighted by molar-refractivity contribution is 0.0919. The largest absolute Gasteiger partial charge is 0.344 e. The summed E-state index contributed by atoms with van der Waals surface area (Å²) in [6.45, 7) is 0. The first-order valence-corrected chi connectivity index (χ1v) is 8.29. The first kappa shape index (κ1) is 15.3. The smallest absolute Gasteiger partial charge is 0.252 e. The van der Waals surface area contributed by atoms with Crippen LogP contribution in [-0.2, 0) is 0 Å². The monoisotopic (exact) mass is 327 g/mol. The second-order valence-corrected chi connectivity index (χ2v) is 6.16. The van der Waals surface area contributed by atoms with Crippen molar-refractivity contribution >= 4 is 11.7 Å². The molecule has 3 nitrogen and oxygen atoms in total. The molecule has 0 saturated carbocycles. The van der Waals surface area contributed by atoms with Gasteiger partial charge < -0.3 is 5.32 Å². The third-order valence-corrected chi connectivity index (χ3v) is 4.66. The first-order chi connectivity index (χ1) is 12.3. The summed E-state index contributed by atoms with van der Waals surface area (Å²) >= 11 is 0. The van der Waals surface area contributed by atoms with E-state index in [0.29, 0.717) is 11.1 Å². The zero-order valence-electron chi connectivity index (χ0n) is 13.6. The van der Waals surface area contributed by atoms with Crippen LogP contribution in [0.2, 0.25) is 0 Å². The summed E-state index contributed by atoms with van der Waals surface area (Å²) < 4.78 is 0. The average molecular weight is 327 g/mol. The molecule has 0 saturated heterocycles. The molecule has 1 aliphatic rings. The van der Waals surface area contributed by atoms with Gasteiger partial charge in [0.2, 0.25) is 0 Å². The van der Waals surface area contributed by atoms with Gasteiger partial charge in [-0.15, -0.1) is 0 Å². The van der Waals surface area contributed by atoms with Crippen molar-refractivity contribution < 1.29 is 9.59 Å². The van der Waals surface area contributed by atoms with Crippen molar-refractivity contribution in [2.24, 2.45) is 0 Å². The van der Waals surface area contributed by atoms with E-state index in [0.717, 1.165) is 11.1 Å². The molecule has 0 unspecified atom stereocenters. The second-order valence-electron chi connectivity index (χ2n) is 6.16. The van der Waals surface area contributed by atoms with E-state index >= 15 is 0 Å². The number of hydrogen-bond acceptors (Lipinski definition) is 2. The summed E-state index contributed by atoms with van der Waals surface area (Å²) in [6.07, 6.45) is 0. The second kappa shape index (κ2) is 6.36. The molecule has 3 aromatic carbocycles. The minimum absolute atomic E-state index is 0.0333. The number of amides is 1. The SMILES string of the molecule is O=C1N[C@@H](c2ccccc2)[C@@H](c2ccccc2)C(=O)c2ccccc21. The van der Waals surface area contributed by atoms with Gasteiger partial charge in [-0.3, -0.25) is 9.59 Å². The first-order valence-electron chi connectivity index (χ1n) is 8.29. The van der Waals surface area contributed by atoms with Crippen LogP contribution >= 0.6 is 0 Å². The van der Waals surface area contributed by atoms with Gasteiger partial charge in [0.05, 0.1) is 17.5 Å². The van der Waals surface area contributed by atoms with Gasteiger partial charge in [0.15, 0.2) is 5.78 Å². The summed E-state index contributed by atoms with van der Waals surface area (Å²) in [5, 5.41) is 3.07. The topological polar surface area (TPSA) is 46.2 Å². The number of nitrogens with one attached hydrogen (secondary N) is 1. The van der Waals surface area contributed by atoms with E-state index in [1.165, 1.54) is 0 Å². The maximum absolute atomic E-state index is 13.4. The molecular formula is C22H17NO2. The van der Waals surface area contributed by atoms with E-state index in [-0.39, 0.29) is 11.7 Å². The highest BCUT2D eigenvalue weighted by Gasteiger charge is 2.37. The maximum Gasteiger partial charge on any atom is 0.252 e. The van der Waals surface area contributed by atoms with Gasteiger partial charge in [-0.05, 0) is 17.2 Å². The fourth-order valence-electron chi connectivity index (χ4n) is 3.46. The molecule has 3 aromatic rings. The number of carbonyl (C=O) groups excluding carboxylic acids is 2. The molecule has 122 valence electrons. The number of fused-ring (bicyclic) bond motifs is 1. The third-order valence-electron chi connectivity index (χ3n) is 4.66. The Labute approximate surface area is 146 Å². The summed E-state index contributed by atoms with van der Waals surface area (Å²) in [6, 6.07) is 25.9. The molecular weight excluding hydrogens is 310 g/mol. The number of benzene rings is 3. The molecule has 0 fully saturated rings. The van der Waals surface area contributed by atoms with Crippen LogP contribution in [0.3, 0.4) is 0 Å². The lowest BCUT2D eigenvalue weighted by Crippen LogP contribution is -2.32. The van der Waals surface area contributed by atoms with Crippen LogP contribution in [0, 0.1) is 0 Å². The minimum atomic E-state index is -0.462. The Hall–Kier alpha value is -3.20. The van der Waals surface area contributed by atoms with Gasteiger partial charge in [-0.2, -0.15) is 0 Å². The Balaban J connectivity index is 1.91. The Morgan fingerprint density at radius 3 is 1.76 bits per heavy atom. The molecule has 2 atom stereocenters. The highest BCUT2D eigenvalue weighted by molar-refractivity contribution is 6.12. The predicted molar refractivity (Wildman–Crippen MR) is 96.6 cm³/mol. The fraction of sp³-hybridized carbons (Fsp3) is 0.0909. The molecule has 3 heteroatoms. The highest BCUT2D eigenvalue weighted by Crippen LogP contribution is 2.37. The third kappa shape index (κ3) is 2.74. The van der Waals surface area contributed by atoms with Crippen LogP contribution in [0.25, 0.3) is 0 Å². The van der Waals surface area contributed by atoms with Crippen molar-refractivity contribution in [2.45, 2.75) is 12.0 Å².